The van der Waals surface area contributed by atoms with Crippen molar-refractivity contribution in [2.45, 2.75) is 18.8 Å². The SMILES string of the molecule is c1ccc2c(c1)CCC(c1nc(-c3ccc4c(c3)oc3ccc5oc6ccccc6c5c34)c3sc4ccccc4c3n1)c1cc3ccccc3cc1-2. The van der Waals surface area contributed by atoms with Crippen LogP contribution in [-0.4, -0.2) is 9.97 Å². The quantitative estimate of drug-likeness (QED) is 0.182. The topological polar surface area (TPSA) is 52.1 Å². The second kappa shape index (κ2) is 10.6. The Bertz CT molecular complexity index is 3270. The molecule has 0 aliphatic heterocycles. The van der Waals surface area contributed by atoms with E-state index in [0.29, 0.717) is 0 Å². The Hall–Kier alpha value is -6.30. The Labute approximate surface area is 301 Å². The van der Waals surface area contributed by atoms with Gasteiger partial charge in [0.05, 0.1) is 15.9 Å². The van der Waals surface area contributed by atoms with Crippen molar-refractivity contribution in [2.24, 2.45) is 0 Å². The molecule has 1 unspecified atom stereocenters. The van der Waals surface area contributed by atoms with Gasteiger partial charge in [0.15, 0.2) is 0 Å². The maximum atomic E-state index is 6.62. The summed E-state index contributed by atoms with van der Waals surface area (Å²) in [5, 5.41) is 8.00. The van der Waals surface area contributed by atoms with Crippen molar-refractivity contribution in [1.29, 1.82) is 0 Å². The molecular weight excluding hydrogens is 657 g/mol. The fourth-order valence-corrected chi connectivity index (χ4v) is 9.85. The summed E-state index contributed by atoms with van der Waals surface area (Å²) in [6.45, 7) is 0. The van der Waals surface area contributed by atoms with Gasteiger partial charge in [0, 0.05) is 43.1 Å². The molecule has 1 atom stereocenters. The predicted molar refractivity (Wildman–Crippen MR) is 214 cm³/mol. The summed E-state index contributed by atoms with van der Waals surface area (Å²) in [6, 6.07) is 49.8. The van der Waals surface area contributed by atoms with Crippen LogP contribution in [0, 0.1) is 0 Å². The van der Waals surface area contributed by atoms with Crippen LogP contribution in [0.15, 0.2) is 148 Å². The summed E-state index contributed by atoms with van der Waals surface area (Å²) in [6.07, 6.45) is 1.88. The highest BCUT2D eigenvalue weighted by molar-refractivity contribution is 7.26. The van der Waals surface area contributed by atoms with Gasteiger partial charge in [0.25, 0.3) is 0 Å². The van der Waals surface area contributed by atoms with Gasteiger partial charge in [0.1, 0.15) is 28.2 Å². The summed E-state index contributed by atoms with van der Waals surface area (Å²) in [4.78, 5) is 11.0. The molecule has 4 nitrogen and oxygen atoms in total. The van der Waals surface area contributed by atoms with Gasteiger partial charge < -0.3 is 8.83 Å². The van der Waals surface area contributed by atoms with E-state index in [2.05, 4.69) is 115 Å². The molecule has 1 aliphatic carbocycles. The molecule has 4 aromatic heterocycles. The molecule has 1 aliphatic rings. The van der Waals surface area contributed by atoms with E-state index in [1.165, 1.54) is 43.1 Å². The highest BCUT2D eigenvalue weighted by atomic mass is 32.1. The molecule has 0 saturated carbocycles. The molecule has 0 N–H and O–H groups in total. The molecule has 52 heavy (non-hydrogen) atoms. The summed E-state index contributed by atoms with van der Waals surface area (Å²) in [7, 11) is 0. The van der Waals surface area contributed by atoms with Gasteiger partial charge in [-0.2, -0.15) is 0 Å². The van der Waals surface area contributed by atoms with E-state index in [-0.39, 0.29) is 5.92 Å². The van der Waals surface area contributed by atoms with Crippen LogP contribution in [0.1, 0.15) is 29.3 Å². The highest BCUT2D eigenvalue weighted by Gasteiger charge is 2.28. The Morgan fingerprint density at radius 3 is 2.15 bits per heavy atom. The van der Waals surface area contributed by atoms with Gasteiger partial charge in [-0.05, 0) is 94.4 Å². The molecule has 12 rings (SSSR count). The van der Waals surface area contributed by atoms with E-state index >= 15 is 0 Å². The first-order chi connectivity index (χ1) is 25.7. The summed E-state index contributed by atoms with van der Waals surface area (Å²) >= 11 is 1.77. The van der Waals surface area contributed by atoms with Crippen LogP contribution in [0.2, 0.25) is 0 Å². The zero-order chi connectivity index (χ0) is 33.9. The maximum absolute atomic E-state index is 6.62. The number of hydrogen-bond acceptors (Lipinski definition) is 5. The lowest BCUT2D eigenvalue weighted by atomic mass is 9.88. The van der Waals surface area contributed by atoms with Crippen molar-refractivity contribution in [3.05, 3.63) is 156 Å². The average molecular weight is 685 g/mol. The molecule has 4 heterocycles. The number of fused-ring (bicyclic) bond motifs is 14. The van der Waals surface area contributed by atoms with E-state index < -0.39 is 0 Å². The van der Waals surface area contributed by atoms with Gasteiger partial charge in [-0.1, -0.05) is 91.0 Å². The van der Waals surface area contributed by atoms with E-state index in [1.54, 1.807) is 11.3 Å². The summed E-state index contributed by atoms with van der Waals surface area (Å²) < 4.78 is 15.2. The molecule has 0 saturated heterocycles. The number of furan rings is 2. The van der Waals surface area contributed by atoms with E-state index in [4.69, 9.17) is 18.8 Å². The Morgan fingerprint density at radius 1 is 0.558 bits per heavy atom. The predicted octanol–water partition coefficient (Wildman–Crippen LogP) is 13.2. The maximum Gasteiger partial charge on any atom is 0.137 e. The highest BCUT2D eigenvalue weighted by Crippen LogP contribution is 2.46. The molecule has 0 fully saturated rings. The lowest BCUT2D eigenvalue weighted by Crippen LogP contribution is -2.08. The molecule has 5 heteroatoms. The monoisotopic (exact) mass is 684 g/mol. The lowest BCUT2D eigenvalue weighted by molar-refractivity contribution is 0.663. The van der Waals surface area contributed by atoms with Crippen LogP contribution in [-0.2, 0) is 6.42 Å². The molecule has 0 amide bonds. The van der Waals surface area contributed by atoms with Crippen LogP contribution in [0.5, 0.6) is 0 Å². The fraction of sp³-hybridized carbons (Fsp3) is 0.0638. The largest absolute Gasteiger partial charge is 0.456 e. The van der Waals surface area contributed by atoms with Gasteiger partial charge in [-0.25, -0.2) is 9.97 Å². The number of benzene rings is 7. The number of hydrogen-bond donors (Lipinski definition) is 0. The van der Waals surface area contributed by atoms with Crippen molar-refractivity contribution >= 4 is 86.3 Å². The first kappa shape index (κ1) is 28.4. The van der Waals surface area contributed by atoms with Gasteiger partial charge >= 0.3 is 0 Å². The third-order valence-electron chi connectivity index (χ3n) is 11.1. The minimum absolute atomic E-state index is 0.0198. The molecular formula is C47H28N2O2S. The van der Waals surface area contributed by atoms with E-state index in [9.17, 15) is 0 Å². The van der Waals surface area contributed by atoms with Crippen LogP contribution < -0.4 is 0 Å². The normalized spacial score (nSPS) is 14.6. The summed E-state index contributed by atoms with van der Waals surface area (Å²) in [5.74, 6) is 0.887. The lowest BCUT2D eigenvalue weighted by Gasteiger charge is -2.19. The first-order valence-corrected chi connectivity index (χ1v) is 18.6. The Balaban J connectivity index is 1.11. The number of nitrogens with zero attached hydrogens (tertiary/aromatic N) is 2. The van der Waals surface area contributed by atoms with Crippen LogP contribution in [0.4, 0.5) is 0 Å². The third-order valence-corrected chi connectivity index (χ3v) is 12.3. The Morgan fingerprint density at radius 2 is 1.27 bits per heavy atom. The van der Waals surface area contributed by atoms with Crippen molar-refractivity contribution in [1.82, 2.24) is 9.97 Å². The fourth-order valence-electron chi connectivity index (χ4n) is 8.69. The average Bonchev–Trinajstić information content (AvgIpc) is 3.85. The number of aryl methyl sites for hydroxylation is 1. The minimum atomic E-state index is 0.0198. The van der Waals surface area contributed by atoms with Gasteiger partial charge in [0.2, 0.25) is 0 Å². The number of aromatic nitrogens is 2. The van der Waals surface area contributed by atoms with E-state index in [1.807, 2.05) is 24.3 Å². The molecule has 7 aromatic carbocycles. The van der Waals surface area contributed by atoms with Crippen LogP contribution in [0.3, 0.4) is 0 Å². The molecule has 0 bridgehead atoms. The Kier molecular flexibility index (Phi) is 5.79. The molecule has 244 valence electrons. The number of rotatable bonds is 2. The van der Waals surface area contributed by atoms with Crippen molar-refractivity contribution in [3.8, 4) is 22.4 Å². The molecule has 11 aromatic rings. The number of thiophene rings is 1. The zero-order valence-corrected chi connectivity index (χ0v) is 28.7. The first-order valence-electron chi connectivity index (χ1n) is 17.8. The van der Waals surface area contributed by atoms with E-state index in [0.717, 1.165) is 84.0 Å². The second-order valence-electron chi connectivity index (χ2n) is 14.0. The van der Waals surface area contributed by atoms with Crippen molar-refractivity contribution in [3.63, 3.8) is 0 Å². The zero-order valence-electron chi connectivity index (χ0n) is 27.9. The molecule has 0 radical (unpaired) electrons. The minimum Gasteiger partial charge on any atom is -0.456 e. The second-order valence-corrected chi connectivity index (χ2v) is 15.0. The summed E-state index contributed by atoms with van der Waals surface area (Å²) in [5.41, 5.74) is 11.7. The third kappa shape index (κ3) is 4.02. The molecule has 0 spiro atoms. The smallest absolute Gasteiger partial charge is 0.137 e. The van der Waals surface area contributed by atoms with Gasteiger partial charge in [-0.3, -0.25) is 0 Å². The van der Waals surface area contributed by atoms with Crippen molar-refractivity contribution in [2.75, 3.05) is 0 Å². The van der Waals surface area contributed by atoms with Crippen molar-refractivity contribution < 1.29 is 8.83 Å². The van der Waals surface area contributed by atoms with Crippen LogP contribution >= 0.6 is 11.3 Å². The number of para-hydroxylation sites is 1. The standard InChI is InChI=1S/C47H28N2O2S/c1-2-11-28-24-36-31(19-17-26-9-3-4-12-30(26)35(36)23-27(28)10-1)47-48-44(46-45(49-47)34-14-6-8-16-41(34)52-46)29-18-20-33-40(25-29)51-39-22-21-38-42(43(33)39)32-13-5-7-15-37(32)50-38/h1-16,18,20-25,31H,17,19H2. The van der Waals surface area contributed by atoms with Crippen LogP contribution in [0.25, 0.3) is 97.3 Å². The van der Waals surface area contributed by atoms with Gasteiger partial charge in [-0.15, -0.1) is 11.3 Å².